The summed E-state index contributed by atoms with van der Waals surface area (Å²) < 4.78 is 32.0. The number of nitrogens with zero attached hydrogens (tertiary/aromatic N) is 1. The van der Waals surface area contributed by atoms with E-state index in [9.17, 15) is 13.6 Å². The number of likely N-dealkylation sites (tertiary alicyclic amines) is 1. The van der Waals surface area contributed by atoms with Gasteiger partial charge in [0.2, 0.25) is 5.91 Å². The highest BCUT2D eigenvalue weighted by molar-refractivity contribution is 5.83. The fourth-order valence-corrected chi connectivity index (χ4v) is 5.54. The molecule has 2 unspecified atom stereocenters. The van der Waals surface area contributed by atoms with Crippen molar-refractivity contribution >= 4 is 5.91 Å². The molecule has 0 bridgehead atoms. The molecule has 5 aliphatic rings. The molecule has 6 heteroatoms. The van der Waals surface area contributed by atoms with Gasteiger partial charge >= 0.3 is 0 Å². The topological polar surface area (TPSA) is 45.5 Å². The number of fused-ring (bicyclic) bond motifs is 1. The zero-order valence-corrected chi connectivity index (χ0v) is 18.0. The molecule has 2 saturated carbocycles. The van der Waals surface area contributed by atoms with Gasteiger partial charge in [-0.1, -0.05) is 18.6 Å². The molecule has 2 aliphatic heterocycles. The molecule has 0 aromatic heterocycles. The molecular weight excluding hydrogens is 398 g/mol. The van der Waals surface area contributed by atoms with E-state index in [2.05, 4.69) is 22.3 Å². The number of carbonyl (C=O) groups excluding carboxylic acids is 1. The maximum Gasteiger partial charge on any atom is 0.260 e. The number of piperidine rings is 1. The minimum atomic E-state index is -2.77. The molecule has 1 N–H and O–H groups in total. The summed E-state index contributed by atoms with van der Waals surface area (Å²) in [7, 11) is 0. The molecule has 1 amide bonds. The van der Waals surface area contributed by atoms with E-state index in [-0.39, 0.29) is 12.5 Å². The zero-order chi connectivity index (χ0) is 21.4. The van der Waals surface area contributed by atoms with E-state index in [0.717, 1.165) is 51.0 Å². The molecule has 168 valence electrons. The van der Waals surface area contributed by atoms with E-state index in [1.54, 1.807) is 0 Å². The Morgan fingerprint density at radius 1 is 1.16 bits per heavy atom. The Hall–Kier alpha value is -1.95. The first-order valence-corrected chi connectivity index (χ1v) is 11.9. The van der Waals surface area contributed by atoms with Gasteiger partial charge in [0.05, 0.1) is 6.26 Å². The number of hydrogen-bond acceptors (Lipinski definition) is 3. The zero-order valence-electron chi connectivity index (χ0n) is 18.0. The van der Waals surface area contributed by atoms with Gasteiger partial charge in [-0.3, -0.25) is 9.69 Å². The third kappa shape index (κ3) is 4.64. The van der Waals surface area contributed by atoms with E-state index in [1.165, 1.54) is 30.4 Å². The van der Waals surface area contributed by atoms with Crippen LogP contribution in [0.5, 0.6) is 0 Å². The molecule has 2 heterocycles. The van der Waals surface area contributed by atoms with Gasteiger partial charge in [-0.15, -0.1) is 0 Å². The van der Waals surface area contributed by atoms with Crippen molar-refractivity contribution in [2.45, 2.75) is 75.8 Å². The van der Waals surface area contributed by atoms with Crippen LogP contribution in [-0.2, 0) is 4.79 Å². The van der Waals surface area contributed by atoms with Crippen molar-refractivity contribution in [3.05, 3.63) is 36.1 Å². The standard InChI is InChI=1S/C25H32F2N2O2/c26-25(27)15-21(25)24(30)28-20-9-7-17(8-10-20)11-13-29-12-2-1-5-22(29)19-14-18-4-3-6-23(18)31-16-19/h3-4,6,14,16-17,20-22H,1-2,5,7-13,15H2,(H,28,30)/t17-,20-,21?,22?. The lowest BCUT2D eigenvalue weighted by Crippen LogP contribution is -2.40. The van der Waals surface area contributed by atoms with Crippen molar-refractivity contribution in [3.63, 3.8) is 0 Å². The van der Waals surface area contributed by atoms with Crippen molar-refractivity contribution in [1.82, 2.24) is 10.2 Å². The maximum atomic E-state index is 13.1. The maximum absolute atomic E-state index is 13.1. The molecule has 3 aliphatic carbocycles. The van der Waals surface area contributed by atoms with Gasteiger partial charge in [-0.05, 0) is 76.1 Å². The Labute approximate surface area is 182 Å². The predicted molar refractivity (Wildman–Crippen MR) is 115 cm³/mol. The van der Waals surface area contributed by atoms with Crippen LogP contribution in [0.4, 0.5) is 8.78 Å². The summed E-state index contributed by atoms with van der Waals surface area (Å²) in [5.74, 6) is -2.70. The molecule has 0 radical (unpaired) electrons. The van der Waals surface area contributed by atoms with Crippen LogP contribution >= 0.6 is 0 Å². The second-order valence-electron chi connectivity index (χ2n) is 9.81. The Morgan fingerprint density at radius 2 is 1.97 bits per heavy atom. The van der Waals surface area contributed by atoms with Crippen LogP contribution in [-0.4, -0.2) is 35.9 Å². The van der Waals surface area contributed by atoms with E-state index >= 15 is 0 Å². The molecule has 1 saturated heterocycles. The third-order valence-electron chi connectivity index (χ3n) is 7.61. The number of hydrogen-bond donors (Lipinski definition) is 1. The number of amides is 1. The van der Waals surface area contributed by atoms with Gasteiger partial charge in [0.1, 0.15) is 11.7 Å². The van der Waals surface area contributed by atoms with Crippen molar-refractivity contribution in [2.24, 2.45) is 11.8 Å². The van der Waals surface area contributed by atoms with Crippen LogP contribution < -0.4 is 5.32 Å². The van der Waals surface area contributed by atoms with Crippen molar-refractivity contribution in [2.75, 3.05) is 13.1 Å². The molecule has 4 nitrogen and oxygen atoms in total. The van der Waals surface area contributed by atoms with Crippen LogP contribution in [0.1, 0.15) is 69.4 Å². The van der Waals surface area contributed by atoms with E-state index in [0.29, 0.717) is 12.0 Å². The smallest absolute Gasteiger partial charge is 0.260 e. The molecule has 3 fully saturated rings. The Bertz CT molecular complexity index is 874. The van der Waals surface area contributed by atoms with Gasteiger partial charge in [0, 0.05) is 29.6 Å². The summed E-state index contributed by atoms with van der Waals surface area (Å²) in [6.07, 6.45) is 10.4. The van der Waals surface area contributed by atoms with Gasteiger partial charge < -0.3 is 9.73 Å². The first-order valence-electron chi connectivity index (χ1n) is 11.9. The molecule has 2 atom stereocenters. The van der Waals surface area contributed by atoms with Crippen LogP contribution in [0.3, 0.4) is 0 Å². The summed E-state index contributed by atoms with van der Waals surface area (Å²) in [5, 5.41) is 2.86. The lowest BCUT2D eigenvalue weighted by molar-refractivity contribution is -0.125. The highest BCUT2D eigenvalue weighted by Gasteiger charge is 2.61. The number of carbonyl (C=O) groups is 1. The van der Waals surface area contributed by atoms with Crippen LogP contribution in [0.25, 0.3) is 11.3 Å². The van der Waals surface area contributed by atoms with Crippen molar-refractivity contribution in [3.8, 4) is 11.3 Å². The summed E-state index contributed by atoms with van der Waals surface area (Å²) in [5.41, 5.74) is 2.45. The van der Waals surface area contributed by atoms with Gasteiger partial charge in [-0.2, -0.15) is 0 Å². The number of rotatable bonds is 6. The number of nitrogens with one attached hydrogen (secondary N) is 1. The predicted octanol–water partition coefficient (Wildman–Crippen LogP) is 5.63. The van der Waals surface area contributed by atoms with E-state index in [4.69, 9.17) is 4.42 Å². The van der Waals surface area contributed by atoms with E-state index < -0.39 is 17.7 Å². The summed E-state index contributed by atoms with van der Waals surface area (Å²) in [4.78, 5) is 14.6. The average molecular weight is 431 g/mol. The van der Waals surface area contributed by atoms with Crippen molar-refractivity contribution < 1.29 is 18.0 Å². The lowest BCUT2D eigenvalue weighted by Gasteiger charge is -2.37. The Morgan fingerprint density at radius 3 is 2.74 bits per heavy atom. The minimum absolute atomic E-state index is 0.0702. The summed E-state index contributed by atoms with van der Waals surface area (Å²) >= 11 is 0. The molecule has 5 rings (SSSR count). The first kappa shape index (κ1) is 20.9. The molecule has 0 spiro atoms. The molecular formula is C25H32F2N2O2. The highest BCUT2D eigenvalue weighted by atomic mass is 19.3. The Kier molecular flexibility index (Phi) is 5.76. The number of alkyl halides is 2. The van der Waals surface area contributed by atoms with Crippen LogP contribution in [0.2, 0.25) is 0 Å². The van der Waals surface area contributed by atoms with E-state index in [1.807, 2.05) is 18.4 Å². The molecule has 0 aromatic carbocycles. The van der Waals surface area contributed by atoms with Crippen LogP contribution in [0, 0.1) is 11.8 Å². The summed E-state index contributed by atoms with van der Waals surface area (Å²) in [6, 6.07) is 8.92. The highest BCUT2D eigenvalue weighted by Crippen LogP contribution is 2.48. The fourth-order valence-electron chi connectivity index (χ4n) is 5.54. The number of halogens is 2. The second-order valence-corrected chi connectivity index (χ2v) is 9.81. The Balaban J connectivity index is 1.11. The monoisotopic (exact) mass is 430 g/mol. The van der Waals surface area contributed by atoms with Crippen molar-refractivity contribution in [1.29, 1.82) is 0 Å². The summed E-state index contributed by atoms with van der Waals surface area (Å²) in [6.45, 7) is 2.21. The second kappa shape index (κ2) is 8.53. The lowest BCUT2D eigenvalue weighted by atomic mass is 9.83. The first-order chi connectivity index (χ1) is 15.0. The largest absolute Gasteiger partial charge is 0.464 e. The normalized spacial score (nSPS) is 30.9. The molecule has 31 heavy (non-hydrogen) atoms. The average Bonchev–Trinajstić information content (AvgIpc) is 3.19. The van der Waals surface area contributed by atoms with Crippen LogP contribution in [0.15, 0.2) is 34.9 Å². The van der Waals surface area contributed by atoms with Gasteiger partial charge in [-0.25, -0.2) is 8.78 Å². The SMILES string of the molecule is O=C(N[C@H]1CC[C@H](CCN2CCCCC2c2coc3cccc-3c2)CC1)C1CC1(F)F. The fraction of sp³-hybridized carbons (Fsp3) is 0.640. The third-order valence-corrected chi connectivity index (χ3v) is 7.61. The van der Waals surface area contributed by atoms with Gasteiger partial charge in [0.15, 0.2) is 0 Å². The quantitative estimate of drug-likeness (QED) is 0.646. The minimum Gasteiger partial charge on any atom is -0.464 e. The molecule has 0 aromatic rings. The van der Waals surface area contributed by atoms with Gasteiger partial charge in [0.25, 0.3) is 5.92 Å².